The van der Waals surface area contributed by atoms with Gasteiger partial charge in [0.05, 0.1) is 18.3 Å². The number of amides is 3. The van der Waals surface area contributed by atoms with Gasteiger partial charge in [-0.15, -0.1) is 0 Å². The largest absolute Gasteiger partial charge is 0.350 e. The van der Waals surface area contributed by atoms with Gasteiger partial charge in [-0.3, -0.25) is 28.6 Å². The molecule has 0 saturated carbocycles. The van der Waals surface area contributed by atoms with Crippen LogP contribution in [0.1, 0.15) is 26.3 Å². The van der Waals surface area contributed by atoms with Crippen molar-refractivity contribution in [2.45, 2.75) is 6.54 Å². The van der Waals surface area contributed by atoms with Crippen LogP contribution in [0.25, 0.3) is 5.65 Å². The summed E-state index contributed by atoms with van der Waals surface area (Å²) in [4.78, 5) is 58.1. The van der Waals surface area contributed by atoms with Crippen LogP contribution in [0.3, 0.4) is 0 Å². The van der Waals surface area contributed by atoms with E-state index >= 15 is 0 Å². The lowest BCUT2D eigenvalue weighted by Crippen LogP contribution is -2.37. The zero-order chi connectivity index (χ0) is 23.9. The number of carbonyl (C=O) groups excluding carboxylic acids is 3. The van der Waals surface area contributed by atoms with E-state index in [-0.39, 0.29) is 29.3 Å². The van der Waals surface area contributed by atoms with Crippen LogP contribution in [0.4, 0.5) is 5.69 Å². The maximum Gasteiger partial charge on any atom is 0.281 e. The molecule has 0 atom stereocenters. The Bertz CT molecular complexity index is 1400. The van der Waals surface area contributed by atoms with Crippen molar-refractivity contribution in [3.05, 3.63) is 106 Å². The summed E-state index contributed by atoms with van der Waals surface area (Å²) in [5.74, 6) is -1.39. The highest BCUT2D eigenvalue weighted by atomic mass is 16.2. The van der Waals surface area contributed by atoms with Gasteiger partial charge in [0.15, 0.2) is 5.65 Å². The third kappa shape index (κ3) is 5.13. The van der Waals surface area contributed by atoms with E-state index in [1.807, 2.05) is 0 Å². The summed E-state index contributed by atoms with van der Waals surface area (Å²) in [5, 5.41) is 7.77. The molecule has 0 spiro atoms. The van der Waals surface area contributed by atoms with Gasteiger partial charge in [-0.05, 0) is 42.0 Å². The van der Waals surface area contributed by atoms with Gasteiger partial charge >= 0.3 is 0 Å². The van der Waals surface area contributed by atoms with Crippen molar-refractivity contribution in [1.29, 1.82) is 0 Å². The Kier molecular flexibility index (Phi) is 6.68. The average Bonchev–Trinajstić information content (AvgIpc) is 2.88. The van der Waals surface area contributed by atoms with Crippen LogP contribution in [0.2, 0.25) is 0 Å². The van der Waals surface area contributed by atoms with Gasteiger partial charge in [0, 0.05) is 30.7 Å². The van der Waals surface area contributed by atoms with E-state index in [4.69, 9.17) is 0 Å². The predicted molar refractivity (Wildman–Crippen MR) is 124 cm³/mol. The highest BCUT2D eigenvalue weighted by Crippen LogP contribution is 2.10. The molecule has 3 aromatic heterocycles. The van der Waals surface area contributed by atoms with E-state index in [9.17, 15) is 19.2 Å². The molecular formula is C24H20N6O4. The van der Waals surface area contributed by atoms with Crippen molar-refractivity contribution >= 4 is 29.1 Å². The van der Waals surface area contributed by atoms with Crippen molar-refractivity contribution in [3.8, 4) is 0 Å². The summed E-state index contributed by atoms with van der Waals surface area (Å²) < 4.78 is 1.17. The highest BCUT2D eigenvalue weighted by molar-refractivity contribution is 6.04. The number of fused-ring (bicyclic) bond motifs is 1. The molecule has 4 rings (SSSR count). The summed E-state index contributed by atoms with van der Waals surface area (Å²) in [7, 11) is 0. The van der Waals surface area contributed by atoms with Crippen LogP contribution in [0.15, 0.2) is 84.2 Å². The Hall–Kier alpha value is -4.86. The average molecular weight is 456 g/mol. The molecule has 0 unspecified atom stereocenters. The minimum atomic E-state index is -0.565. The number of benzene rings is 1. The minimum absolute atomic E-state index is 0.0283. The molecule has 0 aliphatic heterocycles. The van der Waals surface area contributed by atoms with Gasteiger partial charge in [0.2, 0.25) is 5.91 Å². The van der Waals surface area contributed by atoms with E-state index < -0.39 is 17.4 Å². The fourth-order valence-electron chi connectivity index (χ4n) is 3.17. The molecular weight excluding hydrogens is 436 g/mol. The van der Waals surface area contributed by atoms with E-state index in [0.29, 0.717) is 12.1 Å². The Labute approximate surface area is 193 Å². The summed E-state index contributed by atoms with van der Waals surface area (Å²) in [6.45, 7) is 0.0559. The SMILES string of the molecule is O=C(CNC(=O)c1cccn2c(=O)c(NC(=O)c3ccccc3)cnc12)NCc1ccncc1. The van der Waals surface area contributed by atoms with Gasteiger partial charge in [0.25, 0.3) is 17.4 Å². The van der Waals surface area contributed by atoms with Crippen molar-refractivity contribution in [1.82, 2.24) is 25.0 Å². The number of hydrogen-bond donors (Lipinski definition) is 3. The van der Waals surface area contributed by atoms with Crippen LogP contribution in [0, 0.1) is 0 Å². The molecule has 3 N–H and O–H groups in total. The summed E-state index contributed by atoms with van der Waals surface area (Å²) in [6, 6.07) is 15.0. The third-order valence-electron chi connectivity index (χ3n) is 4.91. The number of carbonyl (C=O) groups is 3. The monoisotopic (exact) mass is 456 g/mol. The Morgan fingerprint density at radius 1 is 0.882 bits per heavy atom. The number of aromatic nitrogens is 3. The zero-order valence-corrected chi connectivity index (χ0v) is 17.9. The number of nitrogens with zero attached hydrogens (tertiary/aromatic N) is 3. The van der Waals surface area contributed by atoms with Crippen molar-refractivity contribution in [2.24, 2.45) is 0 Å². The molecule has 3 amide bonds. The quantitative estimate of drug-likeness (QED) is 0.385. The molecule has 10 nitrogen and oxygen atoms in total. The topological polar surface area (TPSA) is 135 Å². The van der Waals surface area contributed by atoms with Gasteiger partial charge in [-0.1, -0.05) is 18.2 Å². The van der Waals surface area contributed by atoms with Gasteiger partial charge in [-0.2, -0.15) is 0 Å². The molecule has 10 heteroatoms. The molecule has 0 radical (unpaired) electrons. The molecule has 3 heterocycles. The maximum absolute atomic E-state index is 12.9. The molecule has 1 aromatic carbocycles. The van der Waals surface area contributed by atoms with Crippen LogP contribution < -0.4 is 21.5 Å². The molecule has 4 aromatic rings. The second kappa shape index (κ2) is 10.2. The third-order valence-corrected chi connectivity index (χ3v) is 4.91. The lowest BCUT2D eigenvalue weighted by atomic mass is 10.2. The Morgan fingerprint density at radius 2 is 1.65 bits per heavy atom. The van der Waals surface area contributed by atoms with Gasteiger partial charge < -0.3 is 16.0 Å². The van der Waals surface area contributed by atoms with Gasteiger partial charge in [0.1, 0.15) is 5.69 Å². The molecule has 0 saturated heterocycles. The second-order valence-electron chi connectivity index (χ2n) is 7.23. The number of nitrogens with one attached hydrogen (secondary N) is 3. The van der Waals surface area contributed by atoms with E-state index in [1.54, 1.807) is 54.9 Å². The van der Waals surface area contributed by atoms with Crippen molar-refractivity contribution < 1.29 is 14.4 Å². The van der Waals surface area contributed by atoms with E-state index in [1.165, 1.54) is 28.9 Å². The first-order valence-corrected chi connectivity index (χ1v) is 10.3. The molecule has 170 valence electrons. The maximum atomic E-state index is 12.9. The highest BCUT2D eigenvalue weighted by Gasteiger charge is 2.16. The lowest BCUT2D eigenvalue weighted by molar-refractivity contribution is -0.120. The fourth-order valence-corrected chi connectivity index (χ4v) is 3.17. The summed E-state index contributed by atoms with van der Waals surface area (Å²) in [5.41, 5.74) is 0.908. The number of anilines is 1. The van der Waals surface area contributed by atoms with Crippen LogP contribution in [-0.4, -0.2) is 38.6 Å². The number of rotatable bonds is 7. The van der Waals surface area contributed by atoms with Crippen LogP contribution in [-0.2, 0) is 11.3 Å². The molecule has 0 aliphatic rings. The first-order chi connectivity index (χ1) is 16.5. The second-order valence-corrected chi connectivity index (χ2v) is 7.23. The predicted octanol–water partition coefficient (Wildman–Crippen LogP) is 1.39. The van der Waals surface area contributed by atoms with Crippen molar-refractivity contribution in [2.75, 3.05) is 11.9 Å². The Balaban J connectivity index is 1.45. The smallest absolute Gasteiger partial charge is 0.281 e. The molecule has 34 heavy (non-hydrogen) atoms. The first-order valence-electron chi connectivity index (χ1n) is 10.3. The number of pyridine rings is 2. The zero-order valence-electron chi connectivity index (χ0n) is 17.9. The molecule has 0 aliphatic carbocycles. The van der Waals surface area contributed by atoms with Crippen molar-refractivity contribution in [3.63, 3.8) is 0 Å². The fraction of sp³-hybridized carbons (Fsp3) is 0.0833. The minimum Gasteiger partial charge on any atom is -0.350 e. The molecule has 0 bridgehead atoms. The van der Waals surface area contributed by atoms with E-state index in [0.717, 1.165) is 5.56 Å². The van der Waals surface area contributed by atoms with Crippen LogP contribution >= 0.6 is 0 Å². The number of hydrogen-bond acceptors (Lipinski definition) is 6. The standard InChI is InChI=1S/C24H20N6O4/c31-20(26-13-16-8-10-25-11-9-16)15-28-23(33)18-7-4-12-30-21(18)27-14-19(24(30)34)29-22(32)17-5-2-1-3-6-17/h1-12,14H,13,15H2,(H,26,31)(H,28,33)(H,29,32). The normalized spacial score (nSPS) is 10.5. The Morgan fingerprint density at radius 3 is 2.41 bits per heavy atom. The molecule has 0 fully saturated rings. The lowest BCUT2D eigenvalue weighted by Gasteiger charge is -2.10. The van der Waals surface area contributed by atoms with Gasteiger partial charge in [-0.25, -0.2) is 4.98 Å². The first kappa shape index (κ1) is 22.3. The van der Waals surface area contributed by atoms with Crippen LogP contribution in [0.5, 0.6) is 0 Å². The summed E-state index contributed by atoms with van der Waals surface area (Å²) >= 11 is 0. The summed E-state index contributed by atoms with van der Waals surface area (Å²) in [6.07, 6.45) is 5.90. The van der Waals surface area contributed by atoms with E-state index in [2.05, 4.69) is 25.9 Å².